The molecule has 3 heterocycles. The highest BCUT2D eigenvalue weighted by molar-refractivity contribution is 6.11. The summed E-state index contributed by atoms with van der Waals surface area (Å²) in [4.78, 5) is 5.33. The third-order valence-electron chi connectivity index (χ3n) is 6.33. The average Bonchev–Trinajstić information content (AvgIpc) is 3.24. The monoisotopic (exact) mass is 396 g/mol. The number of aromatic nitrogens is 1. The standard InChI is InChI=1S/C22H24N2O5/c1-10-15-8-24(22-21(28)20(27)17(9-25)29-22)6-5-13(15)11(2)19-18(10)14-7-12(26)3-4-16(14)23-19/h3-7,17,20-23,25-28H,8-9H2,1-2H3/t17-,20-,21+,22-/m0/s1. The van der Waals surface area contributed by atoms with Gasteiger partial charge >= 0.3 is 0 Å². The quantitative estimate of drug-likeness (QED) is 0.453. The first-order valence-corrected chi connectivity index (χ1v) is 9.73. The lowest BCUT2D eigenvalue weighted by atomic mass is 9.90. The fourth-order valence-electron chi connectivity index (χ4n) is 4.73. The second-order valence-electron chi connectivity index (χ2n) is 7.96. The molecule has 0 radical (unpaired) electrons. The van der Waals surface area contributed by atoms with Crippen molar-refractivity contribution in [2.45, 2.75) is 44.9 Å². The predicted octanol–water partition coefficient (Wildman–Crippen LogP) is 1.87. The van der Waals surface area contributed by atoms with Crippen LogP contribution in [0, 0.1) is 13.8 Å². The SMILES string of the molecule is Cc1c2c(c(C)c3c1[nH]c1ccc(O)cc13)CN([C@H]1O[C@@H](CO)[C@H](O)[C@H]1O)C=C2. The van der Waals surface area contributed by atoms with Gasteiger partial charge in [0.05, 0.1) is 12.1 Å². The van der Waals surface area contributed by atoms with Gasteiger partial charge in [0.1, 0.15) is 24.1 Å². The zero-order valence-electron chi connectivity index (χ0n) is 16.3. The molecular formula is C22H24N2O5. The summed E-state index contributed by atoms with van der Waals surface area (Å²) >= 11 is 0. The number of ether oxygens (including phenoxy) is 1. The van der Waals surface area contributed by atoms with E-state index in [9.17, 15) is 20.4 Å². The van der Waals surface area contributed by atoms with Crippen LogP contribution in [0.3, 0.4) is 0 Å². The highest BCUT2D eigenvalue weighted by atomic mass is 16.6. The van der Waals surface area contributed by atoms with Gasteiger partial charge in [-0.3, -0.25) is 0 Å². The van der Waals surface area contributed by atoms with Gasteiger partial charge in [-0.25, -0.2) is 0 Å². The Morgan fingerprint density at radius 3 is 2.69 bits per heavy atom. The van der Waals surface area contributed by atoms with E-state index in [0.29, 0.717) is 6.54 Å². The van der Waals surface area contributed by atoms with E-state index in [1.54, 1.807) is 12.1 Å². The highest BCUT2D eigenvalue weighted by Gasteiger charge is 2.45. The molecule has 152 valence electrons. The van der Waals surface area contributed by atoms with Crippen LogP contribution in [-0.4, -0.2) is 61.5 Å². The van der Waals surface area contributed by atoms with E-state index in [4.69, 9.17) is 4.74 Å². The van der Waals surface area contributed by atoms with Crippen LogP contribution < -0.4 is 0 Å². The smallest absolute Gasteiger partial charge is 0.159 e. The fourth-order valence-corrected chi connectivity index (χ4v) is 4.73. The van der Waals surface area contributed by atoms with E-state index in [-0.39, 0.29) is 12.4 Å². The number of aliphatic hydroxyl groups excluding tert-OH is 3. The van der Waals surface area contributed by atoms with Crippen molar-refractivity contribution in [2.75, 3.05) is 6.61 Å². The third kappa shape index (κ3) is 2.59. The summed E-state index contributed by atoms with van der Waals surface area (Å²) in [5.74, 6) is 0.223. The number of hydrogen-bond donors (Lipinski definition) is 5. The largest absolute Gasteiger partial charge is 0.508 e. The minimum atomic E-state index is -1.12. The minimum Gasteiger partial charge on any atom is -0.508 e. The van der Waals surface area contributed by atoms with Crippen molar-refractivity contribution in [3.8, 4) is 5.75 Å². The average molecular weight is 396 g/mol. The number of aryl methyl sites for hydroxylation is 2. The zero-order valence-corrected chi connectivity index (χ0v) is 16.3. The number of H-pyrrole nitrogens is 1. The van der Waals surface area contributed by atoms with Crippen LogP contribution in [0.5, 0.6) is 5.75 Å². The van der Waals surface area contributed by atoms with Gasteiger partial charge < -0.3 is 35.0 Å². The van der Waals surface area contributed by atoms with Crippen LogP contribution in [0.25, 0.3) is 27.9 Å². The molecule has 0 spiro atoms. The van der Waals surface area contributed by atoms with Crippen LogP contribution in [0.15, 0.2) is 24.4 Å². The maximum absolute atomic E-state index is 10.4. The lowest BCUT2D eigenvalue weighted by molar-refractivity contribution is -0.0826. The molecule has 4 atom stereocenters. The molecule has 29 heavy (non-hydrogen) atoms. The van der Waals surface area contributed by atoms with Crippen molar-refractivity contribution in [1.29, 1.82) is 0 Å². The summed E-state index contributed by atoms with van der Waals surface area (Å²) < 4.78 is 5.70. The second kappa shape index (κ2) is 6.47. The van der Waals surface area contributed by atoms with Gasteiger partial charge in [-0.2, -0.15) is 0 Å². The molecule has 0 amide bonds. The normalized spacial score (nSPS) is 26.6. The Morgan fingerprint density at radius 2 is 1.97 bits per heavy atom. The Morgan fingerprint density at radius 1 is 1.17 bits per heavy atom. The molecule has 2 aliphatic rings. The molecule has 7 heteroatoms. The number of aromatic amines is 1. The summed E-state index contributed by atoms with van der Waals surface area (Å²) in [5.41, 5.74) is 6.46. The number of fused-ring (bicyclic) bond motifs is 4. The molecule has 1 saturated heterocycles. The number of nitrogens with zero attached hydrogens (tertiary/aromatic N) is 1. The van der Waals surface area contributed by atoms with Crippen molar-refractivity contribution in [3.05, 3.63) is 46.7 Å². The Hall–Kier alpha value is -2.58. The Bertz CT molecular complexity index is 1150. The van der Waals surface area contributed by atoms with E-state index in [1.807, 2.05) is 23.2 Å². The summed E-state index contributed by atoms with van der Waals surface area (Å²) in [7, 11) is 0. The Kier molecular flexibility index (Phi) is 4.11. The van der Waals surface area contributed by atoms with Crippen LogP contribution in [0.2, 0.25) is 0 Å². The molecule has 3 aromatic rings. The zero-order chi connectivity index (χ0) is 20.4. The maximum atomic E-state index is 10.4. The second-order valence-corrected chi connectivity index (χ2v) is 7.96. The number of aromatic hydroxyl groups is 1. The molecule has 0 saturated carbocycles. The molecule has 0 bridgehead atoms. The summed E-state index contributed by atoms with van der Waals surface area (Å²) in [6.07, 6.45) is 0.115. The molecule has 5 N–H and O–H groups in total. The number of aliphatic hydroxyl groups is 3. The molecule has 7 nitrogen and oxygen atoms in total. The summed E-state index contributed by atoms with van der Waals surface area (Å²) in [5, 5.41) is 41.9. The Balaban J connectivity index is 1.62. The van der Waals surface area contributed by atoms with E-state index >= 15 is 0 Å². The molecule has 1 fully saturated rings. The van der Waals surface area contributed by atoms with E-state index in [1.165, 1.54) is 0 Å². The van der Waals surface area contributed by atoms with E-state index in [2.05, 4.69) is 18.8 Å². The van der Waals surface area contributed by atoms with Crippen molar-refractivity contribution >= 4 is 27.9 Å². The van der Waals surface area contributed by atoms with Gasteiger partial charge in [0.2, 0.25) is 0 Å². The molecule has 0 unspecified atom stereocenters. The first-order valence-electron chi connectivity index (χ1n) is 9.73. The molecule has 2 aromatic carbocycles. The van der Waals surface area contributed by atoms with Gasteiger partial charge in [-0.1, -0.05) is 0 Å². The van der Waals surface area contributed by atoms with Crippen LogP contribution in [0.4, 0.5) is 0 Å². The molecular weight excluding hydrogens is 372 g/mol. The molecule has 2 aliphatic heterocycles. The van der Waals surface area contributed by atoms with Crippen molar-refractivity contribution in [1.82, 2.24) is 9.88 Å². The van der Waals surface area contributed by atoms with Crippen LogP contribution >= 0.6 is 0 Å². The van der Waals surface area contributed by atoms with Crippen LogP contribution in [0.1, 0.15) is 22.3 Å². The van der Waals surface area contributed by atoms with Crippen molar-refractivity contribution in [2.24, 2.45) is 0 Å². The number of phenols is 1. The molecule has 1 aromatic heterocycles. The number of benzene rings is 2. The number of nitrogens with one attached hydrogen (secondary N) is 1. The number of hydrogen-bond acceptors (Lipinski definition) is 6. The summed E-state index contributed by atoms with van der Waals surface area (Å²) in [6, 6.07) is 5.32. The third-order valence-corrected chi connectivity index (χ3v) is 6.33. The maximum Gasteiger partial charge on any atom is 0.159 e. The van der Waals surface area contributed by atoms with Crippen molar-refractivity contribution in [3.63, 3.8) is 0 Å². The predicted molar refractivity (Wildman–Crippen MR) is 109 cm³/mol. The first-order chi connectivity index (χ1) is 13.9. The Labute approximate surface area is 167 Å². The van der Waals surface area contributed by atoms with E-state index < -0.39 is 24.5 Å². The number of phenolic OH excluding ortho intramolecular Hbond substituents is 1. The molecule has 0 aliphatic carbocycles. The van der Waals surface area contributed by atoms with Gasteiger partial charge in [0, 0.05) is 29.0 Å². The minimum absolute atomic E-state index is 0.223. The first kappa shape index (κ1) is 18.4. The van der Waals surface area contributed by atoms with Gasteiger partial charge in [-0.05, 0) is 60.4 Å². The lowest BCUT2D eigenvalue weighted by Gasteiger charge is -2.33. The van der Waals surface area contributed by atoms with Crippen LogP contribution in [-0.2, 0) is 11.3 Å². The molecule has 5 rings (SSSR count). The highest BCUT2D eigenvalue weighted by Crippen LogP contribution is 2.39. The van der Waals surface area contributed by atoms with Crippen molar-refractivity contribution < 1.29 is 25.2 Å². The van der Waals surface area contributed by atoms with Gasteiger partial charge in [-0.15, -0.1) is 0 Å². The topological polar surface area (TPSA) is 109 Å². The van der Waals surface area contributed by atoms with Gasteiger partial charge in [0.25, 0.3) is 0 Å². The van der Waals surface area contributed by atoms with Gasteiger partial charge in [0.15, 0.2) is 6.23 Å². The number of rotatable bonds is 2. The fraction of sp³-hybridized carbons (Fsp3) is 0.364. The lowest BCUT2D eigenvalue weighted by Crippen LogP contribution is -2.42. The van der Waals surface area contributed by atoms with E-state index in [0.717, 1.165) is 44.1 Å². The summed E-state index contributed by atoms with van der Waals surface area (Å²) in [6.45, 7) is 4.29.